The predicted molar refractivity (Wildman–Crippen MR) is 256 cm³/mol. The first kappa shape index (κ1) is 48.5. The molecule has 0 amide bonds. The molecule has 0 unspecified atom stereocenters. The summed E-state index contributed by atoms with van der Waals surface area (Å²) in [6.45, 7) is 4.00. The van der Waals surface area contributed by atoms with Crippen LogP contribution < -0.4 is 10.5 Å². The van der Waals surface area contributed by atoms with Crippen molar-refractivity contribution in [2.45, 2.75) is 13.8 Å². The van der Waals surface area contributed by atoms with Crippen LogP contribution in [0.15, 0.2) is 133 Å². The number of aromatic nitrogens is 6. The van der Waals surface area contributed by atoms with Gasteiger partial charge in [-0.25, -0.2) is 47.9 Å². The number of carbonyl (C=O) groups is 2. The number of carbonyl (C=O) groups excluding carboxylic acids is 2. The SMILES string of the molecule is CC.COC(=O)c1ccc(-c2nc(-c3ccccc3O)nc(-c3cccc(N)c3O)n2)cc1.COC(=O)c1ccc(-c2nc(-c3ccccc3O)nc(-c3cccc(NS(C)(=O)=O)c3O)n2)cc1. The van der Waals surface area contributed by atoms with Crippen LogP contribution in [0.1, 0.15) is 34.6 Å². The zero-order valence-corrected chi connectivity index (χ0v) is 37.9. The highest BCUT2D eigenvalue weighted by Crippen LogP contribution is 2.38. The molecular formula is C49H44N8O10S. The average Bonchev–Trinajstić information content (AvgIpc) is 3.35. The Bertz CT molecular complexity index is 3230. The number of phenols is 4. The Kier molecular flexibility index (Phi) is 15.2. The van der Waals surface area contributed by atoms with Crippen molar-refractivity contribution in [1.82, 2.24) is 29.9 Å². The van der Waals surface area contributed by atoms with Crippen molar-refractivity contribution < 1.29 is 47.9 Å². The number of hydrogen-bond acceptors (Lipinski definition) is 17. The number of nitrogens with one attached hydrogen (secondary N) is 1. The van der Waals surface area contributed by atoms with E-state index < -0.39 is 22.0 Å². The number of ether oxygens (including phenoxy) is 2. The lowest BCUT2D eigenvalue weighted by molar-refractivity contribution is 0.0592. The predicted octanol–water partition coefficient (Wildman–Crippen LogP) is 8.12. The van der Waals surface area contributed by atoms with Crippen molar-refractivity contribution in [3.05, 3.63) is 145 Å². The molecule has 0 radical (unpaired) electrons. The summed E-state index contributed by atoms with van der Waals surface area (Å²) in [4.78, 5) is 50.3. The highest BCUT2D eigenvalue weighted by atomic mass is 32.2. The van der Waals surface area contributed by atoms with Crippen LogP contribution in [0, 0.1) is 0 Å². The van der Waals surface area contributed by atoms with E-state index in [4.69, 9.17) is 15.2 Å². The summed E-state index contributed by atoms with van der Waals surface area (Å²) >= 11 is 0. The smallest absolute Gasteiger partial charge is 0.337 e. The first-order chi connectivity index (χ1) is 32.6. The van der Waals surface area contributed by atoms with E-state index >= 15 is 0 Å². The van der Waals surface area contributed by atoms with Gasteiger partial charge in [-0.1, -0.05) is 74.5 Å². The third kappa shape index (κ3) is 11.3. The number of nitrogens with zero attached hydrogens (tertiary/aromatic N) is 6. The van der Waals surface area contributed by atoms with Gasteiger partial charge in [-0.2, -0.15) is 0 Å². The van der Waals surface area contributed by atoms with Crippen LogP contribution in [-0.4, -0.2) is 91.2 Å². The van der Waals surface area contributed by atoms with Gasteiger partial charge in [-0.15, -0.1) is 0 Å². The lowest BCUT2D eigenvalue weighted by atomic mass is 10.1. The summed E-state index contributed by atoms with van der Waals surface area (Å²) in [7, 11) is -1.06. The van der Waals surface area contributed by atoms with Crippen LogP contribution >= 0.6 is 0 Å². The van der Waals surface area contributed by atoms with Gasteiger partial charge in [-0.05, 0) is 72.8 Å². The number of rotatable bonds is 10. The standard InChI is InChI=1S/C24H20N4O6S.C23H18N4O4.C2H6/c1-34-24(31)15-12-10-14(11-13-15)21-25-22(16-6-3-4-9-19(16)29)27-23(26-21)17-7-5-8-18(20(17)30)28-35(2,32)33;1-31-23(30)14-11-9-13(10-12-14)20-25-21(15-5-2-3-8-18(15)28)27-22(26-20)16-6-4-7-17(24)19(16)29;1-2/h3-13,28-30H,1-2H3;2-12,28-29H,24H2,1H3;1-2H3. The number of hydrogen-bond donors (Lipinski definition) is 6. The van der Waals surface area contributed by atoms with Crippen molar-refractivity contribution in [2.75, 3.05) is 30.9 Å². The summed E-state index contributed by atoms with van der Waals surface area (Å²) in [5, 5.41) is 41.9. The van der Waals surface area contributed by atoms with Crippen LogP contribution in [0.25, 0.3) is 68.3 Å². The quantitative estimate of drug-likeness (QED) is 0.0429. The van der Waals surface area contributed by atoms with Crippen LogP contribution in [-0.2, 0) is 19.5 Å². The van der Waals surface area contributed by atoms with E-state index in [1.54, 1.807) is 103 Å². The minimum Gasteiger partial charge on any atom is -0.507 e. The fourth-order valence-corrected chi connectivity index (χ4v) is 6.88. The van der Waals surface area contributed by atoms with Gasteiger partial charge < -0.3 is 35.6 Å². The Morgan fingerprint density at radius 3 is 1.24 bits per heavy atom. The van der Waals surface area contributed by atoms with Gasteiger partial charge in [0.2, 0.25) is 10.0 Å². The molecule has 68 heavy (non-hydrogen) atoms. The molecule has 0 fully saturated rings. The Morgan fingerprint density at radius 1 is 0.485 bits per heavy atom. The van der Waals surface area contributed by atoms with Gasteiger partial charge >= 0.3 is 11.9 Å². The molecule has 2 aromatic heterocycles. The van der Waals surface area contributed by atoms with Crippen LogP contribution in [0.5, 0.6) is 23.0 Å². The molecule has 0 aliphatic carbocycles. The number of para-hydroxylation sites is 4. The molecule has 8 rings (SSSR count). The van der Waals surface area contributed by atoms with Crippen molar-refractivity contribution in [3.63, 3.8) is 0 Å². The number of methoxy groups -OCH3 is 2. The molecular weight excluding hydrogens is 893 g/mol. The summed E-state index contributed by atoms with van der Waals surface area (Å²) in [6.07, 6.45) is 0.967. The third-order valence-electron chi connectivity index (χ3n) is 9.57. The maximum absolute atomic E-state index is 11.8. The van der Waals surface area contributed by atoms with E-state index in [1.807, 2.05) is 13.8 Å². The summed E-state index contributed by atoms with van der Waals surface area (Å²) in [6, 6.07) is 35.4. The number of benzene rings is 6. The molecule has 0 saturated carbocycles. The maximum atomic E-state index is 11.8. The first-order valence-electron chi connectivity index (χ1n) is 20.5. The highest BCUT2D eigenvalue weighted by molar-refractivity contribution is 7.92. The second-order valence-electron chi connectivity index (χ2n) is 14.1. The Hall–Kier alpha value is -8.97. The van der Waals surface area contributed by atoms with Gasteiger partial charge in [-0.3, -0.25) is 4.72 Å². The number of nitrogens with two attached hydrogens (primary N) is 1. The van der Waals surface area contributed by atoms with Crippen molar-refractivity contribution in [1.29, 1.82) is 0 Å². The van der Waals surface area contributed by atoms with Crippen LogP contribution in [0.4, 0.5) is 11.4 Å². The van der Waals surface area contributed by atoms with Gasteiger partial charge in [0, 0.05) is 11.1 Å². The Labute approximate surface area is 390 Å². The van der Waals surface area contributed by atoms with Gasteiger partial charge in [0.05, 0.1) is 65.2 Å². The van der Waals surface area contributed by atoms with Crippen molar-refractivity contribution in [3.8, 4) is 91.3 Å². The zero-order valence-electron chi connectivity index (χ0n) is 37.1. The van der Waals surface area contributed by atoms with E-state index in [1.165, 1.54) is 44.6 Å². The monoisotopic (exact) mass is 936 g/mol. The number of phenolic OH excluding ortho intramolecular Hbond substituents is 4. The molecule has 6 aromatic carbocycles. The molecule has 0 aliphatic rings. The molecule has 0 atom stereocenters. The number of aromatic hydroxyl groups is 4. The van der Waals surface area contributed by atoms with E-state index in [-0.39, 0.29) is 69.1 Å². The molecule has 0 saturated heterocycles. The fraction of sp³-hybridized carbons (Fsp3) is 0.102. The summed E-state index contributed by atoms with van der Waals surface area (Å²) in [5.74, 6) is -0.472. The second-order valence-corrected chi connectivity index (χ2v) is 15.9. The molecule has 0 bridgehead atoms. The highest BCUT2D eigenvalue weighted by Gasteiger charge is 2.21. The summed E-state index contributed by atoms with van der Waals surface area (Å²) < 4.78 is 35.1. The second kappa shape index (κ2) is 21.3. The molecule has 2 heterocycles. The molecule has 7 N–H and O–H groups in total. The number of anilines is 2. The summed E-state index contributed by atoms with van der Waals surface area (Å²) in [5.41, 5.74) is 9.04. The maximum Gasteiger partial charge on any atom is 0.337 e. The Morgan fingerprint density at radius 2 is 0.838 bits per heavy atom. The topological polar surface area (TPSA) is 283 Å². The third-order valence-corrected chi connectivity index (χ3v) is 10.2. The van der Waals surface area contributed by atoms with Crippen molar-refractivity contribution in [2.24, 2.45) is 0 Å². The minimum absolute atomic E-state index is 0.00318. The minimum atomic E-state index is -3.65. The van der Waals surface area contributed by atoms with Gasteiger partial charge in [0.15, 0.2) is 40.7 Å². The average molecular weight is 937 g/mol. The van der Waals surface area contributed by atoms with Gasteiger partial charge in [0.25, 0.3) is 0 Å². The lowest BCUT2D eigenvalue weighted by Crippen LogP contribution is -2.10. The molecule has 18 nitrogen and oxygen atoms in total. The van der Waals surface area contributed by atoms with Crippen LogP contribution in [0.3, 0.4) is 0 Å². The number of esters is 2. The number of sulfonamides is 1. The van der Waals surface area contributed by atoms with E-state index in [9.17, 15) is 38.4 Å². The molecule has 0 aliphatic heterocycles. The first-order valence-corrected chi connectivity index (χ1v) is 22.4. The normalized spacial score (nSPS) is 10.7. The van der Waals surface area contributed by atoms with Crippen molar-refractivity contribution >= 4 is 33.3 Å². The lowest BCUT2D eigenvalue weighted by Gasteiger charge is -2.12. The zero-order chi connectivity index (χ0) is 49.1. The fourth-order valence-electron chi connectivity index (χ4n) is 6.31. The largest absolute Gasteiger partial charge is 0.507 e. The van der Waals surface area contributed by atoms with Gasteiger partial charge in [0.1, 0.15) is 17.2 Å². The molecule has 19 heteroatoms. The number of nitrogen functional groups attached to an aromatic ring is 1. The van der Waals surface area contributed by atoms with E-state index in [0.717, 1.165) is 6.26 Å². The molecule has 346 valence electrons. The molecule has 0 spiro atoms. The van der Waals surface area contributed by atoms with E-state index in [2.05, 4.69) is 34.6 Å². The Balaban J connectivity index is 0.000000217. The van der Waals surface area contributed by atoms with Crippen LogP contribution in [0.2, 0.25) is 0 Å². The molecule has 8 aromatic rings. The van der Waals surface area contributed by atoms with E-state index in [0.29, 0.717) is 44.8 Å².